The number of alkyl halides is 1. The third kappa shape index (κ3) is 2.24. The molecule has 0 unspecified atom stereocenters. The Balaban J connectivity index is 2.99. The quantitative estimate of drug-likeness (QED) is 0.682. The number of amides is 2. The SMILES string of the molecule is CN1CCN(C(=O)C(C)(C)Br)C(C)(C)C1=O. The molecule has 0 saturated carbocycles. The van der Waals surface area contributed by atoms with Crippen LogP contribution in [0, 0.1) is 0 Å². The lowest BCUT2D eigenvalue weighted by atomic mass is 9.96. The molecule has 16 heavy (non-hydrogen) atoms. The van der Waals surface area contributed by atoms with Gasteiger partial charge in [0.1, 0.15) is 5.54 Å². The van der Waals surface area contributed by atoms with E-state index < -0.39 is 9.86 Å². The molecule has 0 atom stereocenters. The Morgan fingerprint density at radius 2 is 1.88 bits per heavy atom. The summed E-state index contributed by atoms with van der Waals surface area (Å²) in [5, 5.41) is 0. The first-order valence-corrected chi connectivity index (χ1v) is 6.14. The second-order valence-corrected chi connectivity index (χ2v) is 7.20. The predicted molar refractivity (Wildman–Crippen MR) is 66.4 cm³/mol. The Hall–Kier alpha value is -0.580. The van der Waals surface area contributed by atoms with Crippen molar-refractivity contribution in [3.05, 3.63) is 0 Å². The van der Waals surface area contributed by atoms with Crippen LogP contribution < -0.4 is 0 Å². The molecule has 0 bridgehead atoms. The molecule has 0 aromatic heterocycles. The molecule has 4 nitrogen and oxygen atoms in total. The standard InChI is InChI=1S/C11H19BrN2O2/c1-10(2,12)8(15)14-7-6-13(5)9(16)11(14,3)4/h6-7H2,1-5H3. The molecule has 92 valence electrons. The van der Waals surface area contributed by atoms with E-state index in [0.717, 1.165) is 0 Å². The summed E-state index contributed by atoms with van der Waals surface area (Å²) < 4.78 is -0.625. The maximum atomic E-state index is 12.2. The Labute approximate surface area is 105 Å². The van der Waals surface area contributed by atoms with Crippen molar-refractivity contribution in [2.75, 3.05) is 20.1 Å². The van der Waals surface area contributed by atoms with Gasteiger partial charge >= 0.3 is 0 Å². The molecule has 1 fully saturated rings. The van der Waals surface area contributed by atoms with E-state index in [9.17, 15) is 9.59 Å². The minimum absolute atomic E-state index is 0.0103. The van der Waals surface area contributed by atoms with E-state index in [1.807, 2.05) is 0 Å². The van der Waals surface area contributed by atoms with E-state index in [4.69, 9.17) is 0 Å². The summed E-state index contributed by atoms with van der Waals surface area (Å²) in [7, 11) is 1.77. The van der Waals surface area contributed by atoms with Gasteiger partial charge in [-0.05, 0) is 27.7 Å². The molecule has 0 spiro atoms. The van der Waals surface area contributed by atoms with Crippen LogP contribution in [0.5, 0.6) is 0 Å². The van der Waals surface area contributed by atoms with Crippen LogP contribution >= 0.6 is 15.9 Å². The van der Waals surface area contributed by atoms with Crippen LogP contribution in [-0.4, -0.2) is 51.6 Å². The molecule has 1 aliphatic rings. The van der Waals surface area contributed by atoms with Gasteiger partial charge in [-0.25, -0.2) is 0 Å². The molecule has 0 aliphatic carbocycles. The third-order valence-electron chi connectivity index (χ3n) is 2.96. The fourth-order valence-electron chi connectivity index (χ4n) is 1.89. The molecule has 0 radical (unpaired) electrons. The van der Waals surface area contributed by atoms with Crippen molar-refractivity contribution in [3.63, 3.8) is 0 Å². The van der Waals surface area contributed by atoms with Crippen molar-refractivity contribution in [2.45, 2.75) is 37.6 Å². The molecule has 1 saturated heterocycles. The first kappa shape index (κ1) is 13.5. The monoisotopic (exact) mass is 290 g/mol. The van der Waals surface area contributed by atoms with E-state index in [1.54, 1.807) is 44.5 Å². The normalized spacial score (nSPS) is 21.2. The number of carbonyl (C=O) groups excluding carboxylic acids is 2. The lowest BCUT2D eigenvalue weighted by Gasteiger charge is -2.46. The second kappa shape index (κ2) is 4.02. The summed E-state index contributed by atoms with van der Waals surface area (Å²) >= 11 is 3.35. The summed E-state index contributed by atoms with van der Waals surface area (Å²) in [4.78, 5) is 27.5. The van der Waals surface area contributed by atoms with Crippen LogP contribution in [0.3, 0.4) is 0 Å². The number of nitrogens with zero attached hydrogens (tertiary/aromatic N) is 2. The van der Waals surface area contributed by atoms with Gasteiger partial charge in [-0.3, -0.25) is 9.59 Å². The predicted octanol–water partition coefficient (Wildman–Crippen LogP) is 1.24. The molecule has 1 rings (SSSR count). The van der Waals surface area contributed by atoms with Gasteiger partial charge in [-0.1, -0.05) is 15.9 Å². The smallest absolute Gasteiger partial charge is 0.247 e. The molecule has 0 aromatic rings. The number of rotatable bonds is 1. The van der Waals surface area contributed by atoms with Crippen molar-refractivity contribution in [3.8, 4) is 0 Å². The highest BCUT2D eigenvalue weighted by Crippen LogP contribution is 2.28. The van der Waals surface area contributed by atoms with Crippen LogP contribution in [0.4, 0.5) is 0 Å². The Bertz CT molecular complexity index is 320. The van der Waals surface area contributed by atoms with E-state index >= 15 is 0 Å². The van der Waals surface area contributed by atoms with Crippen molar-refractivity contribution >= 4 is 27.7 Å². The minimum atomic E-state index is -0.755. The first-order valence-electron chi connectivity index (χ1n) is 5.35. The van der Waals surface area contributed by atoms with Gasteiger partial charge in [-0.15, -0.1) is 0 Å². The Morgan fingerprint density at radius 1 is 1.38 bits per heavy atom. The van der Waals surface area contributed by atoms with Crippen LogP contribution in [0.2, 0.25) is 0 Å². The van der Waals surface area contributed by atoms with Crippen LogP contribution in [-0.2, 0) is 9.59 Å². The molecule has 0 aromatic carbocycles. The summed E-state index contributed by atoms with van der Waals surface area (Å²) in [5.41, 5.74) is -0.755. The van der Waals surface area contributed by atoms with Crippen LogP contribution in [0.1, 0.15) is 27.7 Å². The summed E-state index contributed by atoms with van der Waals surface area (Å²) in [6, 6.07) is 0. The van der Waals surface area contributed by atoms with E-state index in [-0.39, 0.29) is 11.8 Å². The van der Waals surface area contributed by atoms with Gasteiger partial charge in [0.15, 0.2) is 0 Å². The number of likely N-dealkylation sites (N-methyl/N-ethyl adjacent to an activating group) is 1. The van der Waals surface area contributed by atoms with Crippen molar-refractivity contribution < 1.29 is 9.59 Å². The van der Waals surface area contributed by atoms with Crippen LogP contribution in [0.15, 0.2) is 0 Å². The van der Waals surface area contributed by atoms with Gasteiger partial charge in [-0.2, -0.15) is 0 Å². The van der Waals surface area contributed by atoms with Gasteiger partial charge in [0.2, 0.25) is 11.8 Å². The Kier molecular flexibility index (Phi) is 3.39. The average Bonchev–Trinajstić information content (AvgIpc) is 2.12. The van der Waals surface area contributed by atoms with Gasteiger partial charge < -0.3 is 9.80 Å². The van der Waals surface area contributed by atoms with E-state index in [0.29, 0.717) is 13.1 Å². The largest absolute Gasteiger partial charge is 0.342 e. The van der Waals surface area contributed by atoms with Crippen molar-refractivity contribution in [2.24, 2.45) is 0 Å². The molecule has 5 heteroatoms. The maximum absolute atomic E-state index is 12.2. The fourth-order valence-corrected chi connectivity index (χ4v) is 2.10. The van der Waals surface area contributed by atoms with Gasteiger partial charge in [0.05, 0.1) is 4.32 Å². The van der Waals surface area contributed by atoms with E-state index in [2.05, 4.69) is 15.9 Å². The second-order valence-electron chi connectivity index (χ2n) is 5.21. The minimum Gasteiger partial charge on any atom is -0.342 e. The summed E-state index contributed by atoms with van der Waals surface area (Å²) in [5.74, 6) is -0.0530. The average molecular weight is 291 g/mol. The number of piperazine rings is 1. The molecule has 1 aliphatic heterocycles. The summed E-state index contributed by atoms with van der Waals surface area (Å²) in [6.07, 6.45) is 0. The topological polar surface area (TPSA) is 40.6 Å². The lowest BCUT2D eigenvalue weighted by molar-refractivity contribution is -0.158. The Morgan fingerprint density at radius 3 is 2.31 bits per heavy atom. The molecule has 2 amide bonds. The zero-order chi connectivity index (χ0) is 12.7. The van der Waals surface area contributed by atoms with Gasteiger partial charge in [0.25, 0.3) is 0 Å². The molecular formula is C11H19BrN2O2. The maximum Gasteiger partial charge on any atom is 0.247 e. The molecule has 0 N–H and O–H groups in total. The molecule has 1 heterocycles. The number of carbonyl (C=O) groups is 2. The highest BCUT2D eigenvalue weighted by Gasteiger charge is 2.45. The van der Waals surface area contributed by atoms with E-state index in [1.165, 1.54) is 0 Å². The first-order chi connectivity index (χ1) is 7.08. The highest BCUT2D eigenvalue weighted by atomic mass is 79.9. The number of hydrogen-bond acceptors (Lipinski definition) is 2. The summed E-state index contributed by atoms with van der Waals surface area (Å²) in [6.45, 7) is 8.37. The fraction of sp³-hybridized carbons (Fsp3) is 0.818. The van der Waals surface area contributed by atoms with Crippen LogP contribution in [0.25, 0.3) is 0 Å². The zero-order valence-electron chi connectivity index (χ0n) is 10.5. The van der Waals surface area contributed by atoms with Crippen molar-refractivity contribution in [1.82, 2.24) is 9.80 Å². The lowest BCUT2D eigenvalue weighted by Crippen LogP contribution is -2.65. The highest BCUT2D eigenvalue weighted by molar-refractivity contribution is 9.10. The van der Waals surface area contributed by atoms with Gasteiger partial charge in [0, 0.05) is 20.1 Å². The van der Waals surface area contributed by atoms with Crippen molar-refractivity contribution in [1.29, 1.82) is 0 Å². The third-order valence-corrected chi connectivity index (χ3v) is 3.30. The number of hydrogen-bond donors (Lipinski definition) is 0. The zero-order valence-corrected chi connectivity index (χ0v) is 12.1. The molecular weight excluding hydrogens is 272 g/mol. The number of halogens is 1.